The van der Waals surface area contributed by atoms with Crippen molar-refractivity contribution >= 4 is 28.6 Å². The maximum Gasteiger partial charge on any atom is 0.318 e. The number of hydrogen-bond donors (Lipinski definition) is 2. The van der Waals surface area contributed by atoms with Crippen molar-refractivity contribution in [2.75, 3.05) is 7.11 Å². The third-order valence-electron chi connectivity index (χ3n) is 1.89. The van der Waals surface area contributed by atoms with Crippen LogP contribution in [0.5, 0.6) is 0 Å². The fraction of sp³-hybridized carbons (Fsp3) is 0.364. The number of carbonyl (C=O) groups excluding carboxylic acids is 1. The van der Waals surface area contributed by atoms with Gasteiger partial charge in [-0.25, -0.2) is 13.6 Å². The third kappa shape index (κ3) is 6.63. The molecule has 0 radical (unpaired) electrons. The van der Waals surface area contributed by atoms with E-state index in [-0.39, 0.29) is 16.1 Å². The van der Waals surface area contributed by atoms with Crippen molar-refractivity contribution in [1.82, 2.24) is 0 Å². The number of sulfonamides is 1. The van der Waals surface area contributed by atoms with Crippen LogP contribution in [0.3, 0.4) is 0 Å². The van der Waals surface area contributed by atoms with Gasteiger partial charge in [-0.3, -0.25) is 4.79 Å². The van der Waals surface area contributed by atoms with Crippen molar-refractivity contribution in [3.8, 4) is 0 Å². The first-order valence-electron chi connectivity index (χ1n) is 5.04. The van der Waals surface area contributed by atoms with E-state index in [2.05, 4.69) is 17.4 Å². The molecule has 0 saturated carbocycles. The largest absolute Gasteiger partial charge is 0.468 e. The molecule has 0 saturated heterocycles. The summed E-state index contributed by atoms with van der Waals surface area (Å²) in [6.07, 6.45) is 0. The Morgan fingerprint density at radius 1 is 1.33 bits per heavy atom. The number of hydrogen-bond acceptors (Lipinski definition) is 5. The molecular formula is C11H17NO4S2. The first-order chi connectivity index (χ1) is 8.18. The van der Waals surface area contributed by atoms with E-state index in [1.807, 2.05) is 6.92 Å². The van der Waals surface area contributed by atoms with Gasteiger partial charge in [0, 0.05) is 0 Å². The van der Waals surface area contributed by atoms with Crippen LogP contribution in [-0.2, 0) is 19.6 Å². The number of nitrogens with two attached hydrogens (primary N) is 1. The average molecular weight is 291 g/mol. The summed E-state index contributed by atoms with van der Waals surface area (Å²) < 4.78 is 25.7. The van der Waals surface area contributed by atoms with E-state index in [0.29, 0.717) is 0 Å². The van der Waals surface area contributed by atoms with E-state index in [1.165, 1.54) is 19.2 Å². The summed E-state index contributed by atoms with van der Waals surface area (Å²) in [5.41, 5.74) is 1.01. The molecular weight excluding hydrogens is 274 g/mol. The molecule has 0 bridgehead atoms. The second kappa shape index (κ2) is 7.40. The van der Waals surface area contributed by atoms with Crippen molar-refractivity contribution in [3.05, 3.63) is 29.8 Å². The Morgan fingerprint density at radius 3 is 2.00 bits per heavy atom. The van der Waals surface area contributed by atoms with Crippen LogP contribution < -0.4 is 5.14 Å². The molecule has 1 aromatic carbocycles. The first kappa shape index (κ1) is 16.9. The number of primary sulfonamides is 1. The van der Waals surface area contributed by atoms with Crippen LogP contribution in [0.1, 0.15) is 12.5 Å². The molecule has 18 heavy (non-hydrogen) atoms. The molecule has 5 nitrogen and oxygen atoms in total. The highest BCUT2D eigenvalue weighted by molar-refractivity contribution is 7.89. The zero-order chi connectivity index (χ0) is 14.3. The Morgan fingerprint density at radius 2 is 1.78 bits per heavy atom. The normalized spacial score (nSPS) is 12.1. The van der Waals surface area contributed by atoms with Gasteiger partial charge >= 0.3 is 5.97 Å². The second-order valence-electron chi connectivity index (χ2n) is 3.56. The van der Waals surface area contributed by atoms with Gasteiger partial charge in [-0.2, -0.15) is 12.6 Å². The Hall–Kier alpha value is -1.05. The van der Waals surface area contributed by atoms with Gasteiger partial charge < -0.3 is 4.74 Å². The molecule has 1 unspecified atom stereocenters. The van der Waals surface area contributed by atoms with Crippen LogP contribution in [0.4, 0.5) is 0 Å². The van der Waals surface area contributed by atoms with E-state index in [0.717, 1.165) is 5.56 Å². The SMILES string of the molecule is COC(=O)C(C)S.Cc1ccc(S(N)(=O)=O)cc1. The maximum absolute atomic E-state index is 10.7. The Balaban J connectivity index is 0.000000360. The van der Waals surface area contributed by atoms with Crippen LogP contribution >= 0.6 is 12.6 Å². The quantitative estimate of drug-likeness (QED) is 0.631. The smallest absolute Gasteiger partial charge is 0.318 e. The summed E-state index contributed by atoms with van der Waals surface area (Å²) in [6, 6.07) is 6.40. The fourth-order valence-corrected chi connectivity index (χ4v) is 1.52. The number of ether oxygens (including phenoxy) is 1. The number of aryl methyl sites for hydroxylation is 1. The Kier molecular flexibility index (Phi) is 6.97. The van der Waals surface area contributed by atoms with Gasteiger partial charge in [0.1, 0.15) is 0 Å². The third-order valence-corrected chi connectivity index (χ3v) is 3.03. The van der Waals surface area contributed by atoms with E-state index in [9.17, 15) is 13.2 Å². The van der Waals surface area contributed by atoms with Crippen LogP contribution in [0.15, 0.2) is 29.2 Å². The average Bonchev–Trinajstić information content (AvgIpc) is 2.28. The highest BCUT2D eigenvalue weighted by atomic mass is 32.2. The van der Waals surface area contributed by atoms with Crippen molar-refractivity contribution < 1.29 is 17.9 Å². The molecule has 0 fully saturated rings. The standard InChI is InChI=1S/C7H9NO2S.C4H8O2S/c1-6-2-4-7(5-3-6)11(8,9)10;1-3(7)4(5)6-2/h2-5H,1H3,(H2,8,9,10);3,7H,1-2H3. The highest BCUT2D eigenvalue weighted by Crippen LogP contribution is 2.06. The van der Waals surface area contributed by atoms with Crippen LogP contribution in [0.2, 0.25) is 0 Å². The zero-order valence-corrected chi connectivity index (χ0v) is 12.2. The minimum absolute atomic E-state index is 0.156. The monoisotopic (exact) mass is 291 g/mol. The summed E-state index contributed by atoms with van der Waals surface area (Å²) in [6.45, 7) is 3.54. The van der Waals surface area contributed by atoms with Crippen LogP contribution in [0.25, 0.3) is 0 Å². The molecule has 0 heterocycles. The Bertz CT molecular complexity index is 480. The van der Waals surface area contributed by atoms with Gasteiger partial charge in [0.25, 0.3) is 0 Å². The molecule has 2 N–H and O–H groups in total. The first-order valence-corrected chi connectivity index (χ1v) is 7.10. The second-order valence-corrected chi connectivity index (χ2v) is 5.89. The molecule has 1 atom stereocenters. The number of esters is 1. The fourth-order valence-electron chi connectivity index (χ4n) is 0.899. The molecule has 0 spiro atoms. The van der Waals surface area contributed by atoms with E-state index in [4.69, 9.17) is 5.14 Å². The van der Waals surface area contributed by atoms with Gasteiger partial charge in [0.05, 0.1) is 17.3 Å². The summed E-state index contributed by atoms with van der Waals surface area (Å²) in [5, 5.41) is 4.58. The van der Waals surface area contributed by atoms with E-state index >= 15 is 0 Å². The molecule has 0 amide bonds. The van der Waals surface area contributed by atoms with E-state index in [1.54, 1.807) is 19.1 Å². The number of rotatable bonds is 2. The van der Waals surface area contributed by atoms with Gasteiger partial charge in [0.2, 0.25) is 10.0 Å². The molecule has 0 aliphatic carbocycles. The predicted octanol–water partition coefficient (Wildman–Crippen LogP) is 1.12. The van der Waals surface area contributed by atoms with Gasteiger partial charge in [-0.05, 0) is 26.0 Å². The molecule has 7 heteroatoms. The van der Waals surface area contributed by atoms with Crippen molar-refractivity contribution in [2.24, 2.45) is 5.14 Å². The lowest BCUT2D eigenvalue weighted by Gasteiger charge is -1.97. The number of carbonyl (C=O) groups is 1. The van der Waals surface area contributed by atoms with Gasteiger partial charge in [-0.15, -0.1) is 0 Å². The van der Waals surface area contributed by atoms with Gasteiger partial charge in [0.15, 0.2) is 0 Å². The minimum Gasteiger partial charge on any atom is -0.468 e. The molecule has 0 aliphatic rings. The molecule has 1 aromatic rings. The maximum atomic E-state index is 10.7. The number of methoxy groups -OCH3 is 1. The summed E-state index contributed by atoms with van der Waals surface area (Å²) >= 11 is 3.80. The topological polar surface area (TPSA) is 86.5 Å². The van der Waals surface area contributed by atoms with Crippen molar-refractivity contribution in [3.63, 3.8) is 0 Å². The summed E-state index contributed by atoms with van der Waals surface area (Å²) in [4.78, 5) is 10.4. The molecule has 0 aromatic heterocycles. The van der Waals surface area contributed by atoms with Crippen LogP contribution in [-0.4, -0.2) is 26.7 Å². The zero-order valence-electron chi connectivity index (χ0n) is 10.5. The summed E-state index contributed by atoms with van der Waals surface area (Å²) in [5.74, 6) is -0.289. The lowest BCUT2D eigenvalue weighted by Crippen LogP contribution is -2.11. The Labute approximate surface area is 113 Å². The van der Waals surface area contributed by atoms with Crippen molar-refractivity contribution in [2.45, 2.75) is 24.0 Å². The van der Waals surface area contributed by atoms with Gasteiger partial charge in [-0.1, -0.05) is 17.7 Å². The summed E-state index contributed by atoms with van der Waals surface area (Å²) in [7, 11) is -2.18. The molecule has 1 rings (SSSR count). The predicted molar refractivity (Wildman–Crippen MR) is 73.0 cm³/mol. The molecule has 0 aliphatic heterocycles. The molecule has 102 valence electrons. The lowest BCUT2D eigenvalue weighted by atomic mass is 10.2. The highest BCUT2D eigenvalue weighted by Gasteiger charge is 2.05. The van der Waals surface area contributed by atoms with E-state index < -0.39 is 10.0 Å². The lowest BCUT2D eigenvalue weighted by molar-refractivity contribution is -0.139. The minimum atomic E-state index is -3.52. The van der Waals surface area contributed by atoms with Crippen LogP contribution in [0, 0.1) is 6.92 Å². The number of benzene rings is 1. The van der Waals surface area contributed by atoms with Crippen molar-refractivity contribution in [1.29, 1.82) is 0 Å². The number of thiol groups is 1.